The van der Waals surface area contributed by atoms with Gasteiger partial charge in [-0.1, -0.05) is 0 Å². The predicted octanol–water partition coefficient (Wildman–Crippen LogP) is 3.37. The van der Waals surface area contributed by atoms with E-state index in [2.05, 4.69) is 19.4 Å². The van der Waals surface area contributed by atoms with Crippen LogP contribution in [0.5, 0.6) is 0 Å². The van der Waals surface area contributed by atoms with E-state index in [1.807, 2.05) is 49.2 Å². The number of hydrogen-bond acceptors (Lipinski definition) is 2. The van der Waals surface area contributed by atoms with Gasteiger partial charge in [0.05, 0.1) is 6.33 Å². The van der Waals surface area contributed by atoms with Crippen molar-refractivity contribution in [2.75, 3.05) is 0 Å². The summed E-state index contributed by atoms with van der Waals surface area (Å²) in [5, 5.41) is 1.10. The number of nitrogens with zero attached hydrogens (tertiary/aromatic N) is 3. The quantitative estimate of drug-likeness (QED) is 0.787. The molecule has 2 saturated heterocycles. The van der Waals surface area contributed by atoms with Crippen molar-refractivity contribution >= 4 is 16.8 Å². The van der Waals surface area contributed by atoms with Crippen molar-refractivity contribution in [1.29, 1.82) is 0 Å². The number of H-pyrrole nitrogens is 1. The van der Waals surface area contributed by atoms with E-state index in [0.29, 0.717) is 18.1 Å². The highest BCUT2D eigenvalue weighted by molar-refractivity contribution is 5.98. The lowest BCUT2D eigenvalue weighted by molar-refractivity contribution is 0.0533. The lowest BCUT2D eigenvalue weighted by Crippen LogP contribution is -2.46. The number of hydrogen-bond donors (Lipinski definition) is 1. The maximum Gasteiger partial charge on any atom is 0.254 e. The standard InChI is InChI=1S/C19H20N4O/c24-19(14-1-4-18-13(9-14)5-6-21-18)23-15-2-3-16(23)11-17(10-15)22-8-7-20-12-22/h1,4-9,12,15-17,21H,2-3,10-11H2. The molecule has 5 heteroatoms. The first-order valence-electron chi connectivity index (χ1n) is 8.67. The molecule has 2 aromatic heterocycles. The third-order valence-electron chi connectivity index (χ3n) is 5.69. The Kier molecular flexibility index (Phi) is 3.01. The molecule has 2 bridgehead atoms. The molecule has 5 nitrogen and oxygen atoms in total. The van der Waals surface area contributed by atoms with E-state index in [4.69, 9.17) is 0 Å². The fraction of sp³-hybridized carbons (Fsp3) is 0.368. The van der Waals surface area contributed by atoms with Gasteiger partial charge in [-0.05, 0) is 49.9 Å². The summed E-state index contributed by atoms with van der Waals surface area (Å²) in [4.78, 5) is 22.6. The van der Waals surface area contributed by atoms with Gasteiger partial charge in [0.1, 0.15) is 0 Å². The Morgan fingerprint density at radius 2 is 1.96 bits per heavy atom. The van der Waals surface area contributed by atoms with Gasteiger partial charge in [-0.2, -0.15) is 0 Å². The number of rotatable bonds is 2. The monoisotopic (exact) mass is 320 g/mol. The molecule has 5 rings (SSSR count). The van der Waals surface area contributed by atoms with E-state index in [1.54, 1.807) is 0 Å². The van der Waals surface area contributed by atoms with Gasteiger partial charge in [0.25, 0.3) is 5.91 Å². The van der Waals surface area contributed by atoms with Gasteiger partial charge in [0.2, 0.25) is 0 Å². The normalized spacial score (nSPS) is 26.2. The lowest BCUT2D eigenvalue weighted by atomic mass is 9.96. The molecule has 2 fully saturated rings. The Bertz CT molecular complexity index is 868. The summed E-state index contributed by atoms with van der Waals surface area (Å²) in [6.07, 6.45) is 12.0. The SMILES string of the molecule is O=C(c1ccc2[nH]ccc2c1)N1C2CCC1CC(n1ccnc1)C2. The number of fused-ring (bicyclic) bond motifs is 3. The number of nitrogens with one attached hydrogen (secondary N) is 1. The molecule has 1 N–H and O–H groups in total. The van der Waals surface area contributed by atoms with Crippen molar-refractivity contribution in [3.63, 3.8) is 0 Å². The van der Waals surface area contributed by atoms with Crippen LogP contribution in [0.4, 0.5) is 0 Å². The van der Waals surface area contributed by atoms with Crippen molar-refractivity contribution < 1.29 is 4.79 Å². The lowest BCUT2D eigenvalue weighted by Gasteiger charge is -2.39. The van der Waals surface area contributed by atoms with E-state index < -0.39 is 0 Å². The Morgan fingerprint density at radius 3 is 2.71 bits per heavy atom. The van der Waals surface area contributed by atoms with E-state index in [9.17, 15) is 4.79 Å². The fourth-order valence-corrected chi connectivity index (χ4v) is 4.54. The van der Waals surface area contributed by atoms with Gasteiger partial charge in [0, 0.05) is 53.2 Å². The van der Waals surface area contributed by atoms with Crippen LogP contribution in [-0.4, -0.2) is 37.4 Å². The van der Waals surface area contributed by atoms with E-state index in [0.717, 1.165) is 42.1 Å². The van der Waals surface area contributed by atoms with E-state index in [1.165, 1.54) is 0 Å². The maximum absolute atomic E-state index is 13.1. The van der Waals surface area contributed by atoms with Gasteiger partial charge in [-0.25, -0.2) is 4.98 Å². The third-order valence-corrected chi connectivity index (χ3v) is 5.69. The summed E-state index contributed by atoms with van der Waals surface area (Å²) in [5.41, 5.74) is 1.88. The van der Waals surface area contributed by atoms with Gasteiger partial charge in [-0.3, -0.25) is 4.79 Å². The molecule has 2 aliphatic heterocycles. The van der Waals surface area contributed by atoms with Crippen molar-refractivity contribution in [1.82, 2.24) is 19.4 Å². The highest BCUT2D eigenvalue weighted by Gasteiger charge is 2.43. The third kappa shape index (κ3) is 2.08. The van der Waals surface area contributed by atoms with Gasteiger partial charge in [0.15, 0.2) is 0 Å². The predicted molar refractivity (Wildman–Crippen MR) is 91.8 cm³/mol. The molecular formula is C19H20N4O. The fourth-order valence-electron chi connectivity index (χ4n) is 4.54. The van der Waals surface area contributed by atoms with Crippen molar-refractivity contribution in [3.05, 3.63) is 54.7 Å². The van der Waals surface area contributed by atoms with Gasteiger partial charge < -0.3 is 14.5 Å². The number of aromatic amines is 1. The summed E-state index contributed by atoms with van der Waals surface area (Å²) >= 11 is 0. The molecule has 0 radical (unpaired) electrons. The molecule has 4 heterocycles. The zero-order chi connectivity index (χ0) is 16.1. The molecule has 1 amide bonds. The minimum Gasteiger partial charge on any atom is -0.361 e. The average molecular weight is 320 g/mol. The largest absolute Gasteiger partial charge is 0.361 e. The number of piperidine rings is 1. The summed E-state index contributed by atoms with van der Waals surface area (Å²) in [5.74, 6) is 0.190. The number of aromatic nitrogens is 3. The molecule has 1 aromatic carbocycles. The first-order valence-corrected chi connectivity index (χ1v) is 8.67. The van der Waals surface area contributed by atoms with E-state index in [-0.39, 0.29) is 5.91 Å². The zero-order valence-electron chi connectivity index (χ0n) is 13.4. The molecule has 2 atom stereocenters. The van der Waals surface area contributed by atoms with Crippen LogP contribution in [-0.2, 0) is 0 Å². The second-order valence-corrected chi connectivity index (χ2v) is 7.01. The van der Waals surface area contributed by atoms with Crippen molar-refractivity contribution in [2.24, 2.45) is 0 Å². The van der Waals surface area contributed by atoms with Crippen LogP contribution in [0.1, 0.15) is 42.1 Å². The van der Waals surface area contributed by atoms with Crippen LogP contribution >= 0.6 is 0 Å². The summed E-state index contributed by atoms with van der Waals surface area (Å²) in [6, 6.07) is 9.16. The Balaban J connectivity index is 1.42. The first-order chi connectivity index (χ1) is 11.8. The maximum atomic E-state index is 13.1. The summed E-state index contributed by atoms with van der Waals surface area (Å²) in [6.45, 7) is 0. The first kappa shape index (κ1) is 13.8. The highest BCUT2D eigenvalue weighted by atomic mass is 16.2. The van der Waals surface area contributed by atoms with Crippen molar-refractivity contribution in [2.45, 2.75) is 43.8 Å². The highest BCUT2D eigenvalue weighted by Crippen LogP contribution is 2.41. The molecule has 0 saturated carbocycles. The molecule has 0 aliphatic carbocycles. The van der Waals surface area contributed by atoms with Crippen LogP contribution in [0.25, 0.3) is 10.9 Å². The van der Waals surface area contributed by atoms with Gasteiger partial charge >= 0.3 is 0 Å². The van der Waals surface area contributed by atoms with Crippen LogP contribution in [0.3, 0.4) is 0 Å². The number of carbonyl (C=O) groups excluding carboxylic acids is 1. The molecule has 2 unspecified atom stereocenters. The Labute approximate surface area is 140 Å². The van der Waals surface area contributed by atoms with Crippen LogP contribution in [0, 0.1) is 0 Å². The van der Waals surface area contributed by atoms with Gasteiger partial charge in [-0.15, -0.1) is 0 Å². The number of amides is 1. The average Bonchev–Trinajstić information content (AvgIpc) is 3.33. The van der Waals surface area contributed by atoms with Crippen LogP contribution < -0.4 is 0 Å². The molecular weight excluding hydrogens is 300 g/mol. The summed E-state index contributed by atoms with van der Waals surface area (Å²) in [7, 11) is 0. The topological polar surface area (TPSA) is 53.9 Å². The minimum absolute atomic E-state index is 0.190. The molecule has 24 heavy (non-hydrogen) atoms. The Hall–Kier alpha value is -2.56. The van der Waals surface area contributed by atoms with Crippen LogP contribution in [0.15, 0.2) is 49.2 Å². The second-order valence-electron chi connectivity index (χ2n) is 7.01. The Morgan fingerprint density at radius 1 is 1.12 bits per heavy atom. The molecule has 0 spiro atoms. The molecule has 2 aliphatic rings. The number of carbonyl (C=O) groups is 1. The second kappa shape index (κ2) is 5.23. The minimum atomic E-state index is 0.190. The number of benzene rings is 1. The smallest absolute Gasteiger partial charge is 0.254 e. The zero-order valence-corrected chi connectivity index (χ0v) is 13.4. The molecule has 122 valence electrons. The van der Waals surface area contributed by atoms with Crippen LogP contribution in [0.2, 0.25) is 0 Å². The van der Waals surface area contributed by atoms with Crippen molar-refractivity contribution in [3.8, 4) is 0 Å². The summed E-state index contributed by atoms with van der Waals surface area (Å²) < 4.78 is 2.21. The number of imidazole rings is 1. The van der Waals surface area contributed by atoms with E-state index >= 15 is 0 Å². The molecule has 3 aromatic rings.